The quantitative estimate of drug-likeness (QED) is 0.0207. The average Bonchev–Trinajstić information content (AvgIpc) is 1.60. The number of allylic oxidation sites excluding steroid dienone is 8. The molecule has 0 saturated heterocycles. The Kier molecular flexibility index (Phi) is 118. The van der Waals surface area contributed by atoms with E-state index in [9.17, 15) is 5.53 Å². The minimum atomic E-state index is 0. The molecule has 2 aromatic carbocycles. The fraction of sp³-hybridized carbons (Fsp3) is 0.836. The Morgan fingerprint density at radius 3 is 0.577 bits per heavy atom. The second-order valence-corrected chi connectivity index (χ2v) is 48.1. The summed E-state index contributed by atoms with van der Waals surface area (Å²) in [4.78, 5) is 0. The number of benzene rings is 2. The number of hydrogen-bond acceptors (Lipinski definition) is 0. The SMILES string of the molecule is CCCCCCCCCCCCCCCCCCCC(=CC(CCCC)CCc1ccccc1C1=C(CCCC)C(CCCC)=C(c2ccccc2CCC(C=C(CCCC)CCCCCCCCCCCCCCCCCCC)CCCC)[N+]1=[N-])CCCC.[CH-]=CCCCCCCCCCCCCCCCCCCCCCCCCCCC.[CH-]=CCCCCCCCCCCCCCCCCCCCCCCCCCCC.[Ni+2]. The first-order valence-electron chi connectivity index (χ1n) is 68.8. The van der Waals surface area contributed by atoms with E-state index >= 15 is 0 Å². The zero-order valence-electron chi connectivity index (χ0n) is 103. The zero-order chi connectivity index (χ0) is 107. The van der Waals surface area contributed by atoms with Crippen molar-refractivity contribution >= 4 is 11.4 Å². The van der Waals surface area contributed by atoms with Crippen molar-refractivity contribution < 1.29 is 21.2 Å². The summed E-state index contributed by atoms with van der Waals surface area (Å²) in [6.45, 7) is 34.2. The fourth-order valence-corrected chi connectivity index (χ4v) is 23.6. The third-order valence-electron chi connectivity index (χ3n) is 33.7. The fourth-order valence-electron chi connectivity index (χ4n) is 23.6. The minimum absolute atomic E-state index is 0. The van der Waals surface area contributed by atoms with Crippen LogP contribution in [0.2, 0.25) is 0 Å². The van der Waals surface area contributed by atoms with Gasteiger partial charge in [-0.3, -0.25) is 12.2 Å². The van der Waals surface area contributed by atoms with Crippen molar-refractivity contribution in [3.05, 3.63) is 136 Å². The van der Waals surface area contributed by atoms with Crippen LogP contribution < -0.4 is 0 Å². The molecule has 3 rings (SSSR count). The molecule has 1 heterocycles. The number of unbranched alkanes of at least 4 members (excludes halogenated alkanes) is 88. The van der Waals surface area contributed by atoms with Crippen LogP contribution in [0, 0.1) is 25.0 Å². The van der Waals surface area contributed by atoms with E-state index < -0.39 is 0 Å². The number of nitrogens with zero attached hydrogens (tertiary/aromatic N) is 2. The Morgan fingerprint density at radius 1 is 0.208 bits per heavy atom. The van der Waals surface area contributed by atoms with Gasteiger partial charge in [0.15, 0.2) is 0 Å². The van der Waals surface area contributed by atoms with Gasteiger partial charge < -0.3 is 18.7 Å². The van der Waals surface area contributed by atoms with E-state index in [1.54, 1.807) is 28.0 Å². The Hall–Kier alpha value is -3.03. The molecule has 2 aromatic rings. The third kappa shape index (κ3) is 92.5. The third-order valence-corrected chi connectivity index (χ3v) is 33.7. The standard InChI is InChI=1S/C88H152N2.2C29H57.Ni/c1-9-17-25-27-29-31-33-35-37-39-41-43-45-47-49-51-53-63-77(59-19-11-3)75-79(61-21-13-5)71-73-81-65-55-57-69-83(81)87-85(67-23-15-7)86(68-24-16-8)88(90(87)89)84-70-58-56-66-82(84)74-72-80(62-22-14-6)76-78(60-20-12-4)64-54-52-50-48-46-44-42-40-38-36-34-32-30-28-26-18-10-2;2*1-3-5-7-9-11-13-15-17-19-21-23-25-27-29-28-26-24-22-20-18-16-14-12-10-8-6-4-2;/h55-58,65-66,69-70,75-76,79-80H,9-54,59-64,67-68,71-74H2,1-8H3;2*1,3H,4-29H2,2H3;/q;2*-1;+2. The Labute approximate surface area is 949 Å². The summed E-state index contributed by atoms with van der Waals surface area (Å²) in [6, 6.07) is 18.5. The van der Waals surface area contributed by atoms with Crippen LogP contribution in [-0.4, -0.2) is 4.70 Å². The van der Waals surface area contributed by atoms with E-state index in [0.29, 0.717) is 11.8 Å². The zero-order valence-corrected chi connectivity index (χ0v) is 104. The molecule has 2 nitrogen and oxygen atoms in total. The van der Waals surface area contributed by atoms with Crippen LogP contribution in [0.3, 0.4) is 0 Å². The molecule has 0 fully saturated rings. The maximum Gasteiger partial charge on any atom is 2.00 e. The van der Waals surface area contributed by atoms with E-state index in [1.165, 1.54) is 675 Å². The van der Waals surface area contributed by atoms with Crippen LogP contribution >= 0.6 is 0 Å². The van der Waals surface area contributed by atoms with E-state index in [-0.39, 0.29) is 16.5 Å². The van der Waals surface area contributed by atoms with Gasteiger partial charge in [0.05, 0.1) is 0 Å². The van der Waals surface area contributed by atoms with Gasteiger partial charge in [-0.2, -0.15) is 0 Å². The monoisotopic (exact) mass is 2110 g/mol. The first kappa shape index (κ1) is 146. The summed E-state index contributed by atoms with van der Waals surface area (Å²) in [5.74, 6) is 1.20. The molecule has 1 aliphatic rings. The molecular weight excluding hydrogens is 1840 g/mol. The molecule has 0 aromatic heterocycles. The summed E-state index contributed by atoms with van der Waals surface area (Å²) in [6.07, 6.45) is 162. The number of aryl methyl sites for hydroxylation is 2. The van der Waals surface area contributed by atoms with Crippen molar-refractivity contribution in [3.8, 4) is 0 Å². The van der Waals surface area contributed by atoms with E-state index in [1.807, 2.05) is 0 Å². The Morgan fingerprint density at radius 2 is 0.383 bits per heavy atom. The average molecular weight is 2110 g/mol. The van der Waals surface area contributed by atoms with Gasteiger partial charge in [0.1, 0.15) is 0 Å². The topological polar surface area (TPSA) is 25.3 Å². The summed E-state index contributed by atoms with van der Waals surface area (Å²) < 4.78 is 1.72. The molecule has 2 unspecified atom stereocenters. The second-order valence-electron chi connectivity index (χ2n) is 48.1. The Bertz CT molecular complexity index is 2980. The molecule has 0 bridgehead atoms. The molecule has 149 heavy (non-hydrogen) atoms. The van der Waals surface area contributed by atoms with Crippen molar-refractivity contribution in [3.63, 3.8) is 0 Å². The van der Waals surface area contributed by atoms with Gasteiger partial charge in [0, 0.05) is 22.3 Å². The molecule has 0 aliphatic carbocycles. The molecule has 2 atom stereocenters. The molecule has 0 radical (unpaired) electrons. The normalized spacial score (nSPS) is 12.8. The van der Waals surface area contributed by atoms with Crippen molar-refractivity contribution in [2.75, 3.05) is 0 Å². The van der Waals surface area contributed by atoms with Gasteiger partial charge in [-0.05, 0) is 151 Å². The summed E-state index contributed by atoms with van der Waals surface area (Å²) >= 11 is 0. The Balaban J connectivity index is 0.00000300. The summed E-state index contributed by atoms with van der Waals surface area (Å²) in [7, 11) is 0. The van der Waals surface area contributed by atoms with Crippen molar-refractivity contribution in [2.45, 2.75) is 776 Å². The van der Waals surface area contributed by atoms with Gasteiger partial charge >= 0.3 is 16.5 Å². The van der Waals surface area contributed by atoms with Crippen molar-refractivity contribution in [1.29, 1.82) is 0 Å². The van der Waals surface area contributed by atoms with Crippen molar-refractivity contribution in [2.24, 2.45) is 11.8 Å². The number of hydrogen-bond donors (Lipinski definition) is 0. The molecule has 870 valence electrons. The molecular formula is C146H266N2Ni. The van der Waals surface area contributed by atoms with E-state index in [0.717, 1.165) is 75.6 Å². The second kappa shape index (κ2) is 120. The maximum absolute atomic E-state index is 13.1. The van der Waals surface area contributed by atoms with E-state index in [4.69, 9.17) is 13.2 Å². The molecule has 3 heteroatoms. The summed E-state index contributed by atoms with van der Waals surface area (Å²) in [5, 5.41) is 0. The van der Waals surface area contributed by atoms with Gasteiger partial charge in [0.25, 0.3) is 0 Å². The molecule has 1 aliphatic heterocycles. The summed E-state index contributed by atoms with van der Waals surface area (Å²) in [5.41, 5.74) is 26.9. The molecule has 0 saturated carbocycles. The van der Waals surface area contributed by atoms with Gasteiger partial charge in [-0.1, -0.05) is 720 Å². The molecule has 0 N–H and O–H groups in total. The van der Waals surface area contributed by atoms with Gasteiger partial charge in [-0.25, -0.2) is 4.70 Å². The molecule has 0 spiro atoms. The van der Waals surface area contributed by atoms with Crippen LogP contribution in [0.15, 0.2) is 95.1 Å². The molecule has 0 amide bonds. The van der Waals surface area contributed by atoms with E-state index in [2.05, 4.69) is 130 Å². The van der Waals surface area contributed by atoms with Crippen LogP contribution in [0.1, 0.15) is 785 Å². The predicted molar refractivity (Wildman–Crippen MR) is 674 cm³/mol. The van der Waals surface area contributed by atoms with Gasteiger partial charge in [0.2, 0.25) is 11.4 Å². The maximum atomic E-state index is 13.1. The van der Waals surface area contributed by atoms with Crippen molar-refractivity contribution in [1.82, 2.24) is 0 Å². The first-order chi connectivity index (χ1) is 73.2. The van der Waals surface area contributed by atoms with Gasteiger partial charge in [-0.15, -0.1) is 0 Å². The first-order valence-corrected chi connectivity index (χ1v) is 68.8. The van der Waals surface area contributed by atoms with Crippen LogP contribution in [0.5, 0.6) is 0 Å². The minimum Gasteiger partial charge on any atom is -0.518 e. The largest absolute Gasteiger partial charge is 2.00 e. The number of rotatable bonds is 116. The van der Waals surface area contributed by atoms with Crippen LogP contribution in [0.4, 0.5) is 0 Å². The van der Waals surface area contributed by atoms with Crippen LogP contribution in [-0.2, 0) is 29.3 Å². The van der Waals surface area contributed by atoms with Crippen LogP contribution in [0.25, 0.3) is 16.9 Å². The smallest absolute Gasteiger partial charge is 0.518 e. The predicted octanol–water partition coefficient (Wildman–Crippen LogP) is 53.3.